The topological polar surface area (TPSA) is 87.2 Å². The maximum atomic E-state index is 12.4. The molecule has 0 aromatic rings. The molecular formula is C18H25N5O5. The van der Waals surface area contributed by atoms with Crippen LogP contribution in [0.15, 0.2) is 40.2 Å². The molecule has 0 saturated heterocycles. The van der Waals surface area contributed by atoms with Crippen molar-refractivity contribution in [2.75, 3.05) is 34.5 Å². The normalized spacial score (nSPS) is 20.5. The first-order chi connectivity index (χ1) is 13.5. The Morgan fingerprint density at radius 2 is 1.89 bits per heavy atom. The van der Waals surface area contributed by atoms with E-state index in [4.69, 9.17) is 14.3 Å². The minimum absolute atomic E-state index is 0.465. The SMILES string of the molecule is CCCN1C=C(C)C(N(C(=O)OC)C(=O)OC)C2=C1N1CN(OC)C=C1C=N2. The molecule has 1 unspecified atom stereocenters. The summed E-state index contributed by atoms with van der Waals surface area (Å²) in [5.41, 5.74) is 2.20. The average molecular weight is 391 g/mol. The van der Waals surface area contributed by atoms with E-state index < -0.39 is 18.2 Å². The molecular weight excluding hydrogens is 366 g/mol. The smallest absolute Gasteiger partial charge is 0.419 e. The van der Waals surface area contributed by atoms with E-state index in [2.05, 4.69) is 16.8 Å². The first kappa shape index (κ1) is 19.7. The molecule has 28 heavy (non-hydrogen) atoms. The van der Waals surface area contributed by atoms with Gasteiger partial charge in [0.25, 0.3) is 0 Å². The first-order valence-electron chi connectivity index (χ1n) is 8.95. The van der Waals surface area contributed by atoms with Crippen LogP contribution < -0.4 is 0 Å². The lowest BCUT2D eigenvalue weighted by atomic mass is 9.99. The molecule has 0 aromatic heterocycles. The number of methoxy groups -OCH3 is 2. The van der Waals surface area contributed by atoms with Crippen LogP contribution in [0.2, 0.25) is 0 Å². The van der Waals surface area contributed by atoms with Crippen LogP contribution in [0.4, 0.5) is 9.59 Å². The van der Waals surface area contributed by atoms with Crippen LogP contribution in [0.1, 0.15) is 20.3 Å². The second kappa shape index (κ2) is 7.93. The van der Waals surface area contributed by atoms with Crippen LogP contribution in [-0.2, 0) is 14.3 Å². The minimum atomic E-state index is -0.808. The highest BCUT2D eigenvalue weighted by atomic mass is 16.7. The van der Waals surface area contributed by atoms with Crippen LogP contribution in [0.25, 0.3) is 0 Å². The van der Waals surface area contributed by atoms with Gasteiger partial charge in [-0.2, -0.15) is 4.90 Å². The number of fused-ring (bicyclic) bond motifs is 2. The zero-order valence-corrected chi connectivity index (χ0v) is 16.7. The average Bonchev–Trinajstić information content (AvgIpc) is 3.13. The van der Waals surface area contributed by atoms with Gasteiger partial charge in [0.15, 0.2) is 0 Å². The quantitative estimate of drug-likeness (QED) is 0.720. The number of carbonyl (C=O) groups excluding carboxylic acids is 2. The Hall–Kier alpha value is -3.01. The summed E-state index contributed by atoms with van der Waals surface area (Å²) in [6.07, 6.45) is 4.76. The minimum Gasteiger partial charge on any atom is -0.452 e. The van der Waals surface area contributed by atoms with Gasteiger partial charge in [-0.3, -0.25) is 9.83 Å². The maximum absolute atomic E-state index is 12.4. The fourth-order valence-electron chi connectivity index (χ4n) is 3.52. The number of ether oxygens (including phenoxy) is 2. The van der Waals surface area contributed by atoms with Gasteiger partial charge in [-0.05, 0) is 18.9 Å². The van der Waals surface area contributed by atoms with Crippen molar-refractivity contribution < 1.29 is 23.9 Å². The van der Waals surface area contributed by atoms with Gasteiger partial charge in [0, 0.05) is 12.7 Å². The zero-order valence-electron chi connectivity index (χ0n) is 16.7. The Morgan fingerprint density at radius 1 is 1.21 bits per heavy atom. The lowest BCUT2D eigenvalue weighted by Gasteiger charge is -2.42. The number of allylic oxidation sites excluding steroid dienone is 1. The Morgan fingerprint density at radius 3 is 2.46 bits per heavy atom. The molecule has 0 aromatic carbocycles. The van der Waals surface area contributed by atoms with Crippen molar-refractivity contribution in [3.05, 3.63) is 35.2 Å². The maximum Gasteiger partial charge on any atom is 0.419 e. The number of aliphatic imine (C=N–C) groups is 1. The van der Waals surface area contributed by atoms with Gasteiger partial charge in [0.05, 0.1) is 39.4 Å². The van der Waals surface area contributed by atoms with Crippen molar-refractivity contribution in [3.8, 4) is 0 Å². The molecule has 0 bridgehead atoms. The molecule has 0 aliphatic carbocycles. The number of hydroxylamine groups is 2. The molecule has 0 radical (unpaired) electrons. The van der Waals surface area contributed by atoms with E-state index in [0.29, 0.717) is 12.4 Å². The van der Waals surface area contributed by atoms with E-state index in [-0.39, 0.29) is 0 Å². The molecule has 10 nitrogen and oxygen atoms in total. The number of imide groups is 1. The van der Waals surface area contributed by atoms with Crippen LogP contribution in [0.3, 0.4) is 0 Å². The molecule has 3 aliphatic rings. The molecule has 1 atom stereocenters. The summed E-state index contributed by atoms with van der Waals surface area (Å²) in [6.45, 7) is 5.15. The molecule has 0 spiro atoms. The molecule has 3 heterocycles. The Kier molecular flexibility index (Phi) is 5.59. The van der Waals surface area contributed by atoms with E-state index in [0.717, 1.165) is 35.0 Å². The third-order valence-electron chi connectivity index (χ3n) is 4.71. The number of amides is 2. The van der Waals surface area contributed by atoms with Crippen LogP contribution in [0.5, 0.6) is 0 Å². The zero-order chi connectivity index (χ0) is 20.4. The number of rotatable bonds is 4. The van der Waals surface area contributed by atoms with Crippen molar-refractivity contribution in [1.82, 2.24) is 19.8 Å². The van der Waals surface area contributed by atoms with Crippen LogP contribution in [-0.4, -0.2) is 78.7 Å². The Labute approximate surface area is 163 Å². The van der Waals surface area contributed by atoms with Gasteiger partial charge < -0.3 is 19.3 Å². The highest BCUT2D eigenvalue weighted by Crippen LogP contribution is 2.38. The van der Waals surface area contributed by atoms with E-state index in [1.165, 1.54) is 14.2 Å². The third kappa shape index (κ3) is 3.19. The highest BCUT2D eigenvalue weighted by molar-refractivity contribution is 5.90. The van der Waals surface area contributed by atoms with Crippen molar-refractivity contribution in [2.24, 2.45) is 4.99 Å². The Balaban J connectivity index is 2.11. The molecule has 0 saturated carbocycles. The van der Waals surface area contributed by atoms with Crippen LogP contribution in [0, 0.1) is 0 Å². The molecule has 152 valence electrons. The standard InChI is InChI=1S/C18H25N5O5/c1-6-7-20-9-12(2)15(23(17(24)26-3)18(25)27-4)14-16(20)22-11-21(28-5)10-13(22)8-19-14/h8-10,15H,6-7,11H2,1-5H3. The molecule has 10 heteroatoms. The lowest BCUT2D eigenvalue weighted by Crippen LogP contribution is -2.51. The van der Waals surface area contributed by atoms with Gasteiger partial charge in [0.2, 0.25) is 0 Å². The van der Waals surface area contributed by atoms with Gasteiger partial charge in [0.1, 0.15) is 24.2 Å². The largest absolute Gasteiger partial charge is 0.452 e. The predicted molar refractivity (Wildman–Crippen MR) is 100 cm³/mol. The summed E-state index contributed by atoms with van der Waals surface area (Å²) < 4.78 is 9.66. The summed E-state index contributed by atoms with van der Waals surface area (Å²) in [6, 6.07) is -0.739. The molecule has 3 rings (SSSR count). The summed E-state index contributed by atoms with van der Waals surface area (Å²) in [4.78, 5) is 39.8. The fraction of sp³-hybridized carbons (Fsp3) is 0.500. The molecule has 2 amide bonds. The third-order valence-corrected chi connectivity index (χ3v) is 4.71. The highest BCUT2D eigenvalue weighted by Gasteiger charge is 2.43. The molecule has 3 aliphatic heterocycles. The number of hydrogen-bond acceptors (Lipinski definition) is 9. The predicted octanol–water partition coefficient (Wildman–Crippen LogP) is 2.05. The summed E-state index contributed by atoms with van der Waals surface area (Å²) in [5, 5.41) is 1.68. The van der Waals surface area contributed by atoms with E-state index >= 15 is 0 Å². The van der Waals surface area contributed by atoms with Crippen LogP contribution >= 0.6 is 0 Å². The summed E-state index contributed by atoms with van der Waals surface area (Å²) >= 11 is 0. The second-order valence-corrected chi connectivity index (χ2v) is 6.47. The summed E-state index contributed by atoms with van der Waals surface area (Å²) in [7, 11) is 4.04. The van der Waals surface area contributed by atoms with E-state index in [9.17, 15) is 9.59 Å². The fourth-order valence-corrected chi connectivity index (χ4v) is 3.52. The van der Waals surface area contributed by atoms with Crippen molar-refractivity contribution in [2.45, 2.75) is 26.3 Å². The number of carbonyl (C=O) groups is 2. The lowest BCUT2D eigenvalue weighted by molar-refractivity contribution is -0.0968. The van der Waals surface area contributed by atoms with E-state index in [1.54, 1.807) is 18.4 Å². The van der Waals surface area contributed by atoms with E-state index in [1.807, 2.05) is 24.2 Å². The van der Waals surface area contributed by atoms with Crippen molar-refractivity contribution in [3.63, 3.8) is 0 Å². The van der Waals surface area contributed by atoms with Gasteiger partial charge >= 0.3 is 12.2 Å². The number of hydrogen-bond donors (Lipinski definition) is 0. The number of nitrogens with zero attached hydrogens (tertiary/aromatic N) is 5. The molecule has 0 fully saturated rings. The first-order valence-corrected chi connectivity index (χ1v) is 8.95. The second-order valence-electron chi connectivity index (χ2n) is 6.47. The van der Waals surface area contributed by atoms with Crippen molar-refractivity contribution in [1.29, 1.82) is 0 Å². The Bertz CT molecular complexity index is 771. The van der Waals surface area contributed by atoms with Gasteiger partial charge in [-0.25, -0.2) is 14.7 Å². The van der Waals surface area contributed by atoms with Gasteiger partial charge in [-0.15, -0.1) is 0 Å². The van der Waals surface area contributed by atoms with Gasteiger partial charge in [-0.1, -0.05) is 6.92 Å². The monoisotopic (exact) mass is 391 g/mol. The summed E-state index contributed by atoms with van der Waals surface area (Å²) in [5.74, 6) is 0.795. The molecule has 0 N–H and O–H groups in total. The van der Waals surface area contributed by atoms with Crippen molar-refractivity contribution >= 4 is 18.4 Å².